The normalized spacial score (nSPS) is 14.3. The summed E-state index contributed by atoms with van der Waals surface area (Å²) >= 11 is 0. The van der Waals surface area contributed by atoms with Crippen LogP contribution in [0.4, 0.5) is 11.4 Å². The molecule has 1 fully saturated rings. The van der Waals surface area contributed by atoms with Crippen molar-refractivity contribution in [2.24, 2.45) is 0 Å². The fraction of sp³-hybridized carbons (Fsp3) is 0.381. The van der Waals surface area contributed by atoms with Crippen molar-refractivity contribution in [1.29, 1.82) is 0 Å². The van der Waals surface area contributed by atoms with Crippen LogP contribution in [0, 0.1) is 0 Å². The molecule has 0 bridgehead atoms. The number of hydrogen-bond donors (Lipinski definition) is 1. The van der Waals surface area contributed by atoms with Gasteiger partial charge in [0.1, 0.15) is 5.75 Å². The molecule has 0 saturated carbocycles. The van der Waals surface area contributed by atoms with Crippen LogP contribution in [0.25, 0.3) is 0 Å². The Morgan fingerprint density at radius 3 is 2.52 bits per heavy atom. The van der Waals surface area contributed by atoms with E-state index in [0.717, 1.165) is 37.2 Å². The summed E-state index contributed by atoms with van der Waals surface area (Å²) in [4.78, 5) is 13.9. The average Bonchev–Trinajstić information content (AvgIpc) is 3.22. The van der Waals surface area contributed by atoms with Gasteiger partial charge in [0.2, 0.25) is 15.9 Å². The molecule has 1 saturated heterocycles. The van der Waals surface area contributed by atoms with E-state index in [9.17, 15) is 13.2 Å². The summed E-state index contributed by atoms with van der Waals surface area (Å²) in [5.41, 5.74) is 2.38. The molecule has 1 N–H and O–H groups in total. The number of rotatable bonds is 7. The lowest BCUT2D eigenvalue weighted by Crippen LogP contribution is -2.28. The molecule has 0 atom stereocenters. The van der Waals surface area contributed by atoms with Crippen LogP contribution >= 0.6 is 0 Å². The van der Waals surface area contributed by atoms with Gasteiger partial charge >= 0.3 is 0 Å². The van der Waals surface area contributed by atoms with Crippen molar-refractivity contribution in [2.45, 2.75) is 31.2 Å². The molecule has 3 rings (SSSR count). The minimum absolute atomic E-state index is 0.100. The summed E-state index contributed by atoms with van der Waals surface area (Å²) in [5, 5.41) is 2.62. The summed E-state index contributed by atoms with van der Waals surface area (Å²) in [7, 11) is -0.716. The van der Waals surface area contributed by atoms with Gasteiger partial charge in [-0.15, -0.1) is 0 Å². The quantitative estimate of drug-likeness (QED) is 0.749. The number of hydrogen-bond acceptors (Lipinski definition) is 5. The van der Waals surface area contributed by atoms with Gasteiger partial charge in [0.25, 0.3) is 0 Å². The van der Waals surface area contributed by atoms with Crippen molar-refractivity contribution in [3.05, 3.63) is 48.0 Å². The summed E-state index contributed by atoms with van der Waals surface area (Å²) < 4.78 is 32.9. The van der Waals surface area contributed by atoms with E-state index in [1.165, 1.54) is 30.5 Å². The van der Waals surface area contributed by atoms with E-state index in [1.54, 1.807) is 13.1 Å². The van der Waals surface area contributed by atoms with Crippen LogP contribution < -0.4 is 15.0 Å². The molecule has 0 aromatic heterocycles. The van der Waals surface area contributed by atoms with Gasteiger partial charge < -0.3 is 15.0 Å². The predicted molar refractivity (Wildman–Crippen MR) is 114 cm³/mol. The number of nitrogens with zero attached hydrogens (tertiary/aromatic N) is 2. The van der Waals surface area contributed by atoms with Crippen molar-refractivity contribution in [1.82, 2.24) is 4.31 Å². The highest BCUT2D eigenvalue weighted by Crippen LogP contribution is 2.30. The lowest BCUT2D eigenvalue weighted by Gasteiger charge is -2.24. The second kappa shape index (κ2) is 8.84. The van der Waals surface area contributed by atoms with E-state index in [1.807, 2.05) is 24.3 Å². The number of carbonyl (C=O) groups excluding carboxylic acids is 1. The van der Waals surface area contributed by atoms with Crippen LogP contribution in [-0.4, -0.2) is 45.9 Å². The molecule has 0 radical (unpaired) electrons. The third kappa shape index (κ3) is 4.71. The summed E-state index contributed by atoms with van der Waals surface area (Å²) in [6.07, 6.45) is 2.31. The highest BCUT2D eigenvalue weighted by atomic mass is 32.2. The Hall–Kier alpha value is -2.58. The highest BCUT2D eigenvalue weighted by molar-refractivity contribution is 7.89. The molecule has 1 aliphatic rings. The largest absolute Gasteiger partial charge is 0.495 e. The summed E-state index contributed by atoms with van der Waals surface area (Å²) in [5.74, 6) is 0.104. The van der Waals surface area contributed by atoms with Gasteiger partial charge in [-0.3, -0.25) is 4.79 Å². The van der Waals surface area contributed by atoms with Crippen molar-refractivity contribution in [3.63, 3.8) is 0 Å². The number of benzene rings is 2. The summed E-state index contributed by atoms with van der Waals surface area (Å²) in [6.45, 7) is 3.61. The van der Waals surface area contributed by atoms with Gasteiger partial charge in [0.05, 0.1) is 17.7 Å². The van der Waals surface area contributed by atoms with Gasteiger partial charge in [-0.25, -0.2) is 8.42 Å². The molecule has 1 aliphatic heterocycles. The van der Waals surface area contributed by atoms with Crippen LogP contribution in [0.1, 0.15) is 25.3 Å². The first kappa shape index (κ1) is 21.1. The van der Waals surface area contributed by atoms with Gasteiger partial charge in [-0.05, 0) is 42.7 Å². The van der Waals surface area contributed by atoms with Crippen LogP contribution in [-0.2, 0) is 21.4 Å². The zero-order chi connectivity index (χ0) is 21.0. The lowest BCUT2D eigenvalue weighted by molar-refractivity contribution is -0.114. The maximum absolute atomic E-state index is 13.2. The van der Waals surface area contributed by atoms with E-state index in [-0.39, 0.29) is 17.3 Å². The van der Waals surface area contributed by atoms with Crippen molar-refractivity contribution >= 4 is 27.3 Å². The minimum Gasteiger partial charge on any atom is -0.495 e. The maximum Gasteiger partial charge on any atom is 0.243 e. The fourth-order valence-corrected chi connectivity index (χ4v) is 4.73. The van der Waals surface area contributed by atoms with Crippen molar-refractivity contribution in [3.8, 4) is 5.75 Å². The van der Waals surface area contributed by atoms with Crippen molar-refractivity contribution < 1.29 is 17.9 Å². The smallest absolute Gasteiger partial charge is 0.243 e. The Balaban J connectivity index is 1.88. The third-order valence-corrected chi connectivity index (χ3v) is 6.82. The standard InChI is InChI=1S/C21H27N3O4S/c1-16(25)22-19-14-18(10-11-21(19)28-3)29(26,27)23(2)15-17-8-4-5-9-20(17)24-12-6-7-13-24/h4-5,8-11,14H,6-7,12-13,15H2,1-3H3,(H,22,25). The molecule has 1 heterocycles. The molecular weight excluding hydrogens is 390 g/mol. The average molecular weight is 418 g/mol. The van der Waals surface area contributed by atoms with E-state index < -0.39 is 10.0 Å². The van der Waals surface area contributed by atoms with Gasteiger partial charge in [-0.2, -0.15) is 4.31 Å². The first-order chi connectivity index (χ1) is 13.8. The molecule has 0 aliphatic carbocycles. The number of carbonyl (C=O) groups is 1. The van der Waals surface area contributed by atoms with E-state index in [0.29, 0.717) is 11.4 Å². The van der Waals surface area contributed by atoms with Crippen LogP contribution in [0.3, 0.4) is 0 Å². The first-order valence-electron chi connectivity index (χ1n) is 9.57. The maximum atomic E-state index is 13.2. The molecule has 0 spiro atoms. The number of nitrogens with one attached hydrogen (secondary N) is 1. The van der Waals surface area contributed by atoms with Crippen LogP contribution in [0.2, 0.25) is 0 Å². The molecule has 1 amide bonds. The molecular formula is C21H27N3O4S. The number of sulfonamides is 1. The summed E-state index contributed by atoms with van der Waals surface area (Å²) in [6, 6.07) is 12.4. The van der Waals surface area contributed by atoms with Crippen LogP contribution in [0.15, 0.2) is 47.4 Å². The topological polar surface area (TPSA) is 79.0 Å². The van der Waals surface area contributed by atoms with E-state index in [2.05, 4.69) is 10.2 Å². The van der Waals surface area contributed by atoms with E-state index in [4.69, 9.17) is 4.74 Å². The number of methoxy groups -OCH3 is 1. The number of amides is 1. The SMILES string of the molecule is COc1ccc(S(=O)(=O)N(C)Cc2ccccc2N2CCCC2)cc1NC(C)=O. The zero-order valence-corrected chi connectivity index (χ0v) is 17.8. The van der Waals surface area contributed by atoms with Gasteiger partial charge in [0, 0.05) is 39.3 Å². The number of para-hydroxylation sites is 1. The zero-order valence-electron chi connectivity index (χ0n) is 17.0. The van der Waals surface area contributed by atoms with E-state index >= 15 is 0 Å². The Labute approximate surface area is 172 Å². The fourth-order valence-electron chi connectivity index (χ4n) is 3.55. The molecule has 29 heavy (non-hydrogen) atoms. The number of anilines is 2. The highest BCUT2D eigenvalue weighted by Gasteiger charge is 2.24. The lowest BCUT2D eigenvalue weighted by atomic mass is 10.1. The predicted octanol–water partition coefficient (Wildman–Crippen LogP) is 3.07. The first-order valence-corrected chi connectivity index (χ1v) is 11.0. The molecule has 2 aromatic rings. The third-order valence-electron chi connectivity index (χ3n) is 5.02. The Kier molecular flexibility index (Phi) is 6.44. The van der Waals surface area contributed by atoms with Gasteiger partial charge in [0.15, 0.2) is 0 Å². The van der Waals surface area contributed by atoms with Crippen LogP contribution in [0.5, 0.6) is 5.75 Å². The molecule has 156 valence electrons. The molecule has 7 nitrogen and oxygen atoms in total. The Morgan fingerprint density at radius 2 is 1.86 bits per heavy atom. The molecule has 0 unspecified atom stereocenters. The Bertz CT molecular complexity index is 985. The molecule has 8 heteroatoms. The monoisotopic (exact) mass is 417 g/mol. The Morgan fingerprint density at radius 1 is 1.17 bits per heavy atom. The minimum atomic E-state index is -3.75. The van der Waals surface area contributed by atoms with Gasteiger partial charge in [-0.1, -0.05) is 18.2 Å². The second-order valence-corrected chi connectivity index (χ2v) is 9.17. The van der Waals surface area contributed by atoms with Crippen molar-refractivity contribution in [2.75, 3.05) is 37.5 Å². The number of ether oxygens (including phenoxy) is 1. The second-order valence-electron chi connectivity index (χ2n) is 7.13. The molecule has 2 aromatic carbocycles.